The van der Waals surface area contributed by atoms with E-state index in [-0.39, 0.29) is 6.42 Å². The monoisotopic (exact) mass is 548 g/mol. The van der Waals surface area contributed by atoms with Gasteiger partial charge < -0.3 is 47.7 Å². The fourth-order valence-corrected chi connectivity index (χ4v) is 3.70. The Balaban J connectivity index is 2.34. The number of rotatable bonds is 15. The molecule has 11 N–H and O–H groups in total. The summed E-state index contributed by atoms with van der Waals surface area (Å²) in [5.41, 5.74) is 12.1. The number of hydrogen-bond acceptors (Lipinski definition) is 8. The Kier molecular flexibility index (Phi) is 10.9. The average Bonchev–Trinajstić information content (AvgIpc) is 3.27. The summed E-state index contributed by atoms with van der Waals surface area (Å²) in [7, 11) is 0. The number of carboxylic acids is 2. The number of aliphatic hydroxyl groups is 1. The molecule has 5 atom stereocenters. The van der Waals surface area contributed by atoms with Crippen LogP contribution in [0.3, 0.4) is 0 Å². The van der Waals surface area contributed by atoms with Crippen molar-refractivity contribution in [2.24, 2.45) is 11.5 Å². The first-order valence-electron chi connectivity index (χ1n) is 11.9. The summed E-state index contributed by atoms with van der Waals surface area (Å²) in [5, 5.41) is 35.5. The van der Waals surface area contributed by atoms with Crippen molar-refractivity contribution in [1.82, 2.24) is 20.9 Å². The molecule has 15 heteroatoms. The van der Waals surface area contributed by atoms with Crippen LogP contribution < -0.4 is 27.4 Å². The summed E-state index contributed by atoms with van der Waals surface area (Å²) in [6.45, 7) is 1.25. The second-order valence-corrected chi connectivity index (χ2v) is 8.95. The number of aliphatic hydroxyl groups excluding tert-OH is 1. The SMILES string of the molecule is CC(O)C(N)C(=O)NC(CC(N)=O)C(=O)NC(Cc1c[nH]c2ccccc12)C(=O)NC(CCC(=O)O)C(=O)O. The predicted molar refractivity (Wildman–Crippen MR) is 136 cm³/mol. The predicted octanol–water partition coefficient (Wildman–Crippen LogP) is -2.30. The number of primary amides is 1. The lowest BCUT2D eigenvalue weighted by molar-refractivity contribution is -0.143. The van der Waals surface area contributed by atoms with E-state index in [4.69, 9.17) is 16.6 Å². The Morgan fingerprint density at radius 3 is 2.10 bits per heavy atom. The van der Waals surface area contributed by atoms with Gasteiger partial charge in [0.1, 0.15) is 24.2 Å². The molecule has 0 bridgehead atoms. The van der Waals surface area contributed by atoms with Crippen molar-refractivity contribution in [3.63, 3.8) is 0 Å². The highest BCUT2D eigenvalue weighted by Gasteiger charge is 2.32. The van der Waals surface area contributed by atoms with E-state index in [1.807, 2.05) is 0 Å². The highest BCUT2D eigenvalue weighted by atomic mass is 16.4. The van der Waals surface area contributed by atoms with Crippen LogP contribution in [0.5, 0.6) is 0 Å². The molecule has 39 heavy (non-hydrogen) atoms. The zero-order chi connectivity index (χ0) is 29.3. The summed E-state index contributed by atoms with van der Waals surface area (Å²) < 4.78 is 0. The fraction of sp³-hybridized carbons (Fsp3) is 0.417. The fourth-order valence-electron chi connectivity index (χ4n) is 3.70. The van der Waals surface area contributed by atoms with E-state index in [0.29, 0.717) is 5.56 Å². The number of para-hydroxylation sites is 1. The van der Waals surface area contributed by atoms with Gasteiger partial charge in [-0.3, -0.25) is 24.0 Å². The molecule has 0 radical (unpaired) electrons. The Labute approximate surface area is 222 Å². The maximum absolute atomic E-state index is 13.2. The molecule has 0 aliphatic carbocycles. The van der Waals surface area contributed by atoms with Gasteiger partial charge in [0.15, 0.2) is 0 Å². The minimum absolute atomic E-state index is 0.142. The van der Waals surface area contributed by atoms with Crippen LogP contribution in [0.1, 0.15) is 31.7 Å². The van der Waals surface area contributed by atoms with Crippen molar-refractivity contribution in [2.45, 2.75) is 62.9 Å². The maximum Gasteiger partial charge on any atom is 0.326 e. The molecule has 0 spiro atoms. The number of carboxylic acid groups (broad SMARTS) is 2. The number of benzene rings is 1. The molecule has 15 nitrogen and oxygen atoms in total. The van der Waals surface area contributed by atoms with E-state index in [9.17, 15) is 39.0 Å². The van der Waals surface area contributed by atoms with Crippen LogP contribution in [0.15, 0.2) is 30.5 Å². The molecule has 4 amide bonds. The zero-order valence-corrected chi connectivity index (χ0v) is 21.0. The topological polar surface area (TPSA) is 267 Å². The summed E-state index contributed by atoms with van der Waals surface area (Å²) in [6, 6.07) is 1.10. The third-order valence-electron chi connectivity index (χ3n) is 5.85. The molecule has 1 heterocycles. The van der Waals surface area contributed by atoms with Gasteiger partial charge in [-0.05, 0) is 25.0 Å². The van der Waals surface area contributed by atoms with Crippen LogP contribution in [0.2, 0.25) is 0 Å². The first kappa shape index (κ1) is 30.7. The molecule has 2 aromatic rings. The quantitative estimate of drug-likeness (QED) is 0.115. The van der Waals surface area contributed by atoms with Gasteiger partial charge in [-0.15, -0.1) is 0 Å². The van der Waals surface area contributed by atoms with Gasteiger partial charge in [-0.1, -0.05) is 18.2 Å². The van der Waals surface area contributed by atoms with Crippen LogP contribution >= 0.6 is 0 Å². The van der Waals surface area contributed by atoms with Crippen LogP contribution in [0, 0.1) is 0 Å². The van der Waals surface area contributed by atoms with E-state index in [0.717, 1.165) is 10.9 Å². The number of nitrogens with two attached hydrogens (primary N) is 2. The number of aromatic nitrogens is 1. The summed E-state index contributed by atoms with van der Waals surface area (Å²) in [5.74, 6) is -6.61. The minimum Gasteiger partial charge on any atom is -0.481 e. The zero-order valence-electron chi connectivity index (χ0n) is 21.0. The number of nitrogens with one attached hydrogen (secondary N) is 4. The Hall–Kier alpha value is -4.50. The molecule has 0 aliphatic heterocycles. The summed E-state index contributed by atoms with van der Waals surface area (Å²) >= 11 is 0. The van der Waals surface area contributed by atoms with E-state index in [1.165, 1.54) is 6.92 Å². The van der Waals surface area contributed by atoms with Crippen LogP contribution in [-0.4, -0.2) is 86.1 Å². The largest absolute Gasteiger partial charge is 0.481 e. The van der Waals surface area contributed by atoms with Crippen LogP contribution in [-0.2, 0) is 35.2 Å². The van der Waals surface area contributed by atoms with Crippen molar-refractivity contribution < 1.29 is 44.1 Å². The van der Waals surface area contributed by atoms with Crippen molar-refractivity contribution >= 4 is 46.5 Å². The van der Waals surface area contributed by atoms with Gasteiger partial charge >= 0.3 is 11.9 Å². The molecule has 212 valence electrons. The molecular weight excluding hydrogens is 516 g/mol. The summed E-state index contributed by atoms with van der Waals surface area (Å²) in [6.07, 6.45) is -1.43. The Bertz CT molecular complexity index is 1230. The standard InChI is InChI=1S/C24H32N6O9/c1-11(31)20(26)23(37)30-17(9-18(25)32)22(36)29-16(8-12-10-27-14-5-3-2-4-13(12)14)21(35)28-15(24(38)39)6-7-19(33)34/h2-5,10-11,15-17,20,27,31H,6-9,26H2,1H3,(H2,25,32)(H,28,35)(H,29,36)(H,30,37)(H,33,34)(H,38,39). The van der Waals surface area contributed by atoms with Gasteiger partial charge in [-0.25, -0.2) is 4.79 Å². The highest BCUT2D eigenvalue weighted by molar-refractivity contribution is 5.96. The normalized spacial score (nSPS) is 14.8. The van der Waals surface area contributed by atoms with Crippen molar-refractivity contribution in [3.8, 4) is 0 Å². The molecule has 0 fully saturated rings. The first-order valence-corrected chi connectivity index (χ1v) is 11.9. The van der Waals surface area contributed by atoms with Crippen LogP contribution in [0.4, 0.5) is 0 Å². The first-order chi connectivity index (χ1) is 18.3. The minimum atomic E-state index is -1.57. The molecule has 0 aliphatic rings. The van der Waals surface area contributed by atoms with E-state index >= 15 is 0 Å². The van der Waals surface area contributed by atoms with E-state index in [2.05, 4.69) is 20.9 Å². The van der Waals surface area contributed by atoms with Crippen molar-refractivity contribution in [2.75, 3.05) is 0 Å². The summed E-state index contributed by atoms with van der Waals surface area (Å²) in [4.78, 5) is 75.8. The average molecular weight is 549 g/mol. The molecule has 1 aromatic carbocycles. The third-order valence-corrected chi connectivity index (χ3v) is 5.85. The molecule has 1 aromatic heterocycles. The second-order valence-electron chi connectivity index (χ2n) is 8.95. The lowest BCUT2D eigenvalue weighted by atomic mass is 10.0. The molecule has 0 saturated carbocycles. The molecule has 2 rings (SSSR count). The number of H-pyrrole nitrogens is 1. The van der Waals surface area contributed by atoms with E-state index < -0.39 is 85.1 Å². The lowest BCUT2D eigenvalue weighted by Crippen LogP contribution is -2.59. The smallest absolute Gasteiger partial charge is 0.326 e. The number of carbonyl (C=O) groups excluding carboxylic acids is 4. The number of amides is 4. The second kappa shape index (κ2) is 13.9. The molecule has 5 unspecified atom stereocenters. The van der Waals surface area contributed by atoms with Crippen LogP contribution in [0.25, 0.3) is 10.9 Å². The number of fused-ring (bicyclic) bond motifs is 1. The Morgan fingerprint density at radius 1 is 0.923 bits per heavy atom. The van der Waals surface area contributed by atoms with Gasteiger partial charge in [0, 0.05) is 29.9 Å². The van der Waals surface area contributed by atoms with Gasteiger partial charge in [0.2, 0.25) is 23.6 Å². The van der Waals surface area contributed by atoms with Crippen molar-refractivity contribution in [1.29, 1.82) is 0 Å². The third kappa shape index (κ3) is 9.08. The molecule has 0 saturated heterocycles. The molecular formula is C24H32N6O9. The van der Waals surface area contributed by atoms with Crippen molar-refractivity contribution in [3.05, 3.63) is 36.0 Å². The Morgan fingerprint density at radius 2 is 1.51 bits per heavy atom. The number of aromatic amines is 1. The maximum atomic E-state index is 13.2. The number of hydrogen-bond donors (Lipinski definition) is 9. The lowest BCUT2D eigenvalue weighted by Gasteiger charge is -2.25. The van der Waals surface area contributed by atoms with E-state index in [1.54, 1.807) is 30.5 Å². The number of aliphatic carboxylic acids is 2. The van der Waals surface area contributed by atoms with Gasteiger partial charge in [-0.2, -0.15) is 0 Å². The van der Waals surface area contributed by atoms with Gasteiger partial charge in [0.25, 0.3) is 0 Å². The number of carbonyl (C=O) groups is 6. The highest BCUT2D eigenvalue weighted by Crippen LogP contribution is 2.19. The van der Waals surface area contributed by atoms with Gasteiger partial charge in [0.05, 0.1) is 12.5 Å².